The van der Waals surface area contributed by atoms with Crippen LogP contribution in [0.5, 0.6) is 0 Å². The number of aromatic nitrogens is 1. The number of rotatable bonds is 6. The van der Waals surface area contributed by atoms with Gasteiger partial charge in [0, 0.05) is 56.2 Å². The molecule has 4 rings (SSSR count). The molecule has 7 heteroatoms. The maximum absolute atomic E-state index is 12.6. The Bertz CT molecular complexity index is 996. The lowest BCUT2D eigenvalue weighted by molar-refractivity contribution is -0.133. The van der Waals surface area contributed by atoms with Gasteiger partial charge in [0.05, 0.1) is 11.2 Å². The van der Waals surface area contributed by atoms with Crippen molar-refractivity contribution >= 4 is 29.1 Å². The zero-order valence-electron chi connectivity index (χ0n) is 16.6. The summed E-state index contributed by atoms with van der Waals surface area (Å²) in [5.74, 6) is 1.32. The number of amides is 1. The highest BCUT2D eigenvalue weighted by atomic mass is 35.5. The summed E-state index contributed by atoms with van der Waals surface area (Å²) in [6.07, 6.45) is 2.53. The van der Waals surface area contributed by atoms with Crippen molar-refractivity contribution in [3.8, 4) is 11.3 Å². The van der Waals surface area contributed by atoms with Gasteiger partial charge >= 0.3 is 0 Å². The van der Waals surface area contributed by atoms with Gasteiger partial charge in [-0.3, -0.25) is 9.69 Å². The molecule has 0 aliphatic carbocycles. The third-order valence-electron chi connectivity index (χ3n) is 5.29. The van der Waals surface area contributed by atoms with Crippen LogP contribution in [0.15, 0.2) is 59.1 Å². The van der Waals surface area contributed by atoms with Gasteiger partial charge in [0.2, 0.25) is 5.91 Å². The Morgan fingerprint density at radius 1 is 1.00 bits per heavy atom. The minimum atomic E-state index is 0.138. The summed E-state index contributed by atoms with van der Waals surface area (Å²) in [6, 6.07) is 15.4. The molecule has 5 nitrogen and oxygen atoms in total. The van der Waals surface area contributed by atoms with Gasteiger partial charge in [0.15, 0.2) is 11.7 Å². The molecule has 1 fully saturated rings. The van der Waals surface area contributed by atoms with E-state index >= 15 is 0 Å². The second kappa shape index (κ2) is 9.65. The van der Waals surface area contributed by atoms with Gasteiger partial charge in [0.25, 0.3) is 0 Å². The van der Waals surface area contributed by atoms with E-state index in [1.807, 2.05) is 53.4 Å². The number of aryl methyl sites for hydroxylation is 1. The Morgan fingerprint density at radius 3 is 2.47 bits per heavy atom. The van der Waals surface area contributed by atoms with Crippen molar-refractivity contribution in [1.82, 2.24) is 14.8 Å². The molecule has 156 valence electrons. The highest BCUT2D eigenvalue weighted by Crippen LogP contribution is 2.28. The molecule has 1 saturated heterocycles. The number of oxazole rings is 1. The summed E-state index contributed by atoms with van der Waals surface area (Å²) in [5.41, 5.74) is 2.04. The summed E-state index contributed by atoms with van der Waals surface area (Å²) in [7, 11) is 0. The molecule has 0 radical (unpaired) electrons. The third kappa shape index (κ3) is 5.22. The van der Waals surface area contributed by atoms with Crippen molar-refractivity contribution in [1.29, 1.82) is 0 Å². The van der Waals surface area contributed by atoms with Crippen molar-refractivity contribution in [2.24, 2.45) is 0 Å². The molecular formula is C23H23Cl2N3O2. The fourth-order valence-electron chi connectivity index (χ4n) is 3.59. The van der Waals surface area contributed by atoms with Crippen LogP contribution >= 0.6 is 23.2 Å². The Morgan fingerprint density at radius 2 is 1.73 bits per heavy atom. The first-order chi connectivity index (χ1) is 14.6. The lowest BCUT2D eigenvalue weighted by Crippen LogP contribution is -2.48. The lowest BCUT2D eigenvalue weighted by atomic mass is 10.2. The van der Waals surface area contributed by atoms with Gasteiger partial charge in [-0.25, -0.2) is 4.98 Å². The molecule has 1 aromatic heterocycles. The zero-order valence-corrected chi connectivity index (χ0v) is 18.1. The number of nitrogens with zero attached hydrogens (tertiary/aromatic N) is 3. The van der Waals surface area contributed by atoms with Gasteiger partial charge in [-0.05, 0) is 29.8 Å². The van der Waals surface area contributed by atoms with E-state index in [1.165, 1.54) is 5.56 Å². The van der Waals surface area contributed by atoms with E-state index in [0.29, 0.717) is 29.5 Å². The number of benzene rings is 2. The smallest absolute Gasteiger partial charge is 0.223 e. The molecule has 0 bridgehead atoms. The predicted molar refractivity (Wildman–Crippen MR) is 119 cm³/mol. The normalized spacial score (nSPS) is 14.8. The molecule has 1 aliphatic rings. The highest BCUT2D eigenvalue weighted by Gasteiger charge is 2.21. The summed E-state index contributed by atoms with van der Waals surface area (Å²) < 4.78 is 5.80. The zero-order chi connectivity index (χ0) is 20.9. The van der Waals surface area contributed by atoms with E-state index < -0.39 is 0 Å². The van der Waals surface area contributed by atoms with Gasteiger partial charge < -0.3 is 9.32 Å². The van der Waals surface area contributed by atoms with Crippen LogP contribution in [0.2, 0.25) is 10.0 Å². The molecule has 1 amide bonds. The van der Waals surface area contributed by atoms with Crippen molar-refractivity contribution in [2.75, 3.05) is 26.2 Å². The van der Waals surface area contributed by atoms with Gasteiger partial charge in [-0.1, -0.05) is 47.5 Å². The molecule has 2 heterocycles. The first-order valence-electron chi connectivity index (χ1n) is 10.0. The molecule has 0 atom stereocenters. The maximum Gasteiger partial charge on any atom is 0.223 e. The summed E-state index contributed by atoms with van der Waals surface area (Å²) in [6.45, 7) is 4.08. The van der Waals surface area contributed by atoms with Crippen LogP contribution in [0.25, 0.3) is 11.3 Å². The molecule has 3 aromatic rings. The molecule has 0 saturated carbocycles. The largest absolute Gasteiger partial charge is 0.441 e. The van der Waals surface area contributed by atoms with Gasteiger partial charge in [-0.15, -0.1) is 0 Å². The molecule has 1 aliphatic heterocycles. The quantitative estimate of drug-likeness (QED) is 0.541. The Labute approximate surface area is 186 Å². The monoisotopic (exact) mass is 443 g/mol. The fraction of sp³-hybridized carbons (Fsp3) is 0.304. The number of hydrogen-bond acceptors (Lipinski definition) is 4. The van der Waals surface area contributed by atoms with Crippen LogP contribution in [0.3, 0.4) is 0 Å². The van der Waals surface area contributed by atoms with Crippen LogP contribution in [-0.4, -0.2) is 46.9 Å². The highest BCUT2D eigenvalue weighted by molar-refractivity contribution is 6.33. The molecule has 2 aromatic carbocycles. The Balaban J connectivity index is 1.24. The van der Waals surface area contributed by atoms with Crippen molar-refractivity contribution in [2.45, 2.75) is 19.4 Å². The van der Waals surface area contributed by atoms with Crippen LogP contribution in [0.1, 0.15) is 17.9 Å². The third-order valence-corrected chi connectivity index (χ3v) is 5.87. The van der Waals surface area contributed by atoms with E-state index in [4.69, 9.17) is 27.6 Å². The second-order valence-electron chi connectivity index (χ2n) is 7.38. The molecule has 0 spiro atoms. The fourth-order valence-corrected chi connectivity index (χ4v) is 3.94. The first kappa shape index (κ1) is 20.9. The standard InChI is InChI=1S/C23H23Cl2N3O2/c24-18-7-5-17(6-8-18)16-27-11-13-28(14-12-27)23(29)10-9-22-26-15-21(30-22)19-3-1-2-4-20(19)25/h1-8,15H,9-14,16H2. The number of piperazine rings is 1. The van der Waals surface area contributed by atoms with Crippen molar-refractivity contribution in [3.63, 3.8) is 0 Å². The topological polar surface area (TPSA) is 49.6 Å². The average Bonchev–Trinajstić information content (AvgIpc) is 3.23. The first-order valence-corrected chi connectivity index (χ1v) is 10.8. The van der Waals surface area contributed by atoms with E-state index in [1.54, 1.807) is 6.20 Å². The molecule has 0 N–H and O–H groups in total. The lowest BCUT2D eigenvalue weighted by Gasteiger charge is -2.34. The number of carbonyl (C=O) groups excluding carboxylic acids is 1. The maximum atomic E-state index is 12.6. The van der Waals surface area contributed by atoms with E-state index in [-0.39, 0.29) is 5.91 Å². The summed E-state index contributed by atoms with van der Waals surface area (Å²) >= 11 is 12.2. The van der Waals surface area contributed by atoms with Crippen LogP contribution in [-0.2, 0) is 17.8 Å². The van der Waals surface area contributed by atoms with E-state index in [2.05, 4.69) is 9.88 Å². The van der Waals surface area contributed by atoms with Crippen molar-refractivity contribution in [3.05, 3.63) is 76.2 Å². The van der Waals surface area contributed by atoms with Crippen LogP contribution in [0, 0.1) is 0 Å². The van der Waals surface area contributed by atoms with E-state index in [0.717, 1.165) is 43.3 Å². The number of halogens is 2. The molecular weight excluding hydrogens is 421 g/mol. The number of carbonyl (C=O) groups is 1. The van der Waals surface area contributed by atoms with Gasteiger partial charge in [0.1, 0.15) is 0 Å². The van der Waals surface area contributed by atoms with Gasteiger partial charge in [-0.2, -0.15) is 0 Å². The van der Waals surface area contributed by atoms with Crippen LogP contribution in [0.4, 0.5) is 0 Å². The second-order valence-corrected chi connectivity index (χ2v) is 8.23. The predicted octanol–water partition coefficient (Wildman–Crippen LogP) is 4.93. The molecule has 30 heavy (non-hydrogen) atoms. The Hall–Kier alpha value is -2.34. The SMILES string of the molecule is O=C(CCc1ncc(-c2ccccc2Cl)o1)N1CCN(Cc2ccc(Cl)cc2)CC1. The minimum Gasteiger partial charge on any atom is -0.441 e. The van der Waals surface area contributed by atoms with Crippen molar-refractivity contribution < 1.29 is 9.21 Å². The summed E-state index contributed by atoms with van der Waals surface area (Å²) in [4.78, 5) is 21.2. The van der Waals surface area contributed by atoms with E-state index in [9.17, 15) is 4.79 Å². The minimum absolute atomic E-state index is 0.138. The molecule has 0 unspecified atom stereocenters. The summed E-state index contributed by atoms with van der Waals surface area (Å²) in [5, 5.41) is 1.37. The average molecular weight is 444 g/mol. The Kier molecular flexibility index (Phi) is 6.72. The van der Waals surface area contributed by atoms with Crippen LogP contribution < -0.4 is 0 Å². The number of hydrogen-bond donors (Lipinski definition) is 0.